The fourth-order valence-corrected chi connectivity index (χ4v) is 2.65. The van der Waals surface area contributed by atoms with Crippen LogP contribution in [0.4, 0.5) is 11.4 Å². The molecular weight excluding hydrogens is 270 g/mol. The number of ether oxygens (including phenoxy) is 1. The summed E-state index contributed by atoms with van der Waals surface area (Å²) in [5.74, 6) is 0.462. The highest BCUT2D eigenvalue weighted by atomic mass is 16.5. The van der Waals surface area contributed by atoms with Gasteiger partial charge in [0.2, 0.25) is 5.91 Å². The highest BCUT2D eigenvalue weighted by molar-refractivity contribution is 5.98. The summed E-state index contributed by atoms with van der Waals surface area (Å²) in [6.07, 6.45) is 1.65. The first-order chi connectivity index (χ1) is 10.1. The van der Waals surface area contributed by atoms with Gasteiger partial charge in [-0.05, 0) is 44.1 Å². The van der Waals surface area contributed by atoms with Crippen molar-refractivity contribution < 1.29 is 14.3 Å². The zero-order valence-corrected chi connectivity index (χ0v) is 12.0. The predicted octanol–water partition coefficient (Wildman–Crippen LogP) is 1.35. The number of hydrogen-bond acceptors (Lipinski definition) is 4. The number of nitrogens with one attached hydrogen (secondary N) is 3. The molecule has 0 radical (unpaired) electrons. The number of rotatable bonds is 2. The minimum absolute atomic E-state index is 0.0204. The zero-order valence-electron chi connectivity index (χ0n) is 12.0. The molecule has 0 aliphatic carbocycles. The molecule has 0 atom stereocenters. The minimum atomic E-state index is -0.346. The molecule has 3 N–H and O–H groups in total. The summed E-state index contributed by atoms with van der Waals surface area (Å²) in [6, 6.07) is 5.28. The van der Waals surface area contributed by atoms with Crippen molar-refractivity contribution in [2.45, 2.75) is 19.8 Å². The molecule has 0 aromatic heterocycles. The number of benzene rings is 1. The maximum absolute atomic E-state index is 12.5. The molecule has 2 amide bonds. The number of amides is 2. The van der Waals surface area contributed by atoms with Crippen molar-refractivity contribution in [3.05, 3.63) is 18.2 Å². The van der Waals surface area contributed by atoms with E-state index in [1.165, 1.54) is 0 Å². The second-order valence-electron chi connectivity index (χ2n) is 5.81. The van der Waals surface area contributed by atoms with E-state index in [0.29, 0.717) is 17.1 Å². The quantitative estimate of drug-likeness (QED) is 0.768. The largest absolute Gasteiger partial charge is 0.482 e. The molecule has 6 nitrogen and oxygen atoms in total. The van der Waals surface area contributed by atoms with Gasteiger partial charge >= 0.3 is 0 Å². The van der Waals surface area contributed by atoms with E-state index in [0.717, 1.165) is 25.9 Å². The van der Waals surface area contributed by atoms with Crippen molar-refractivity contribution in [1.29, 1.82) is 0 Å². The first-order valence-electron chi connectivity index (χ1n) is 7.16. The third-order valence-corrected chi connectivity index (χ3v) is 4.13. The fraction of sp³-hybridized carbons (Fsp3) is 0.467. The molecule has 0 bridgehead atoms. The van der Waals surface area contributed by atoms with Crippen LogP contribution in [0.2, 0.25) is 0 Å². The summed E-state index contributed by atoms with van der Waals surface area (Å²) in [6.45, 7) is 3.74. The lowest BCUT2D eigenvalue weighted by Gasteiger charge is -2.32. The van der Waals surface area contributed by atoms with Crippen molar-refractivity contribution in [2.75, 3.05) is 30.3 Å². The smallest absolute Gasteiger partial charge is 0.262 e. The van der Waals surface area contributed by atoms with E-state index in [-0.39, 0.29) is 23.8 Å². The maximum atomic E-state index is 12.5. The summed E-state index contributed by atoms with van der Waals surface area (Å²) in [5, 5.41) is 8.94. The Morgan fingerprint density at radius 1 is 1.33 bits per heavy atom. The molecule has 0 unspecified atom stereocenters. The summed E-state index contributed by atoms with van der Waals surface area (Å²) >= 11 is 0. The van der Waals surface area contributed by atoms with Crippen LogP contribution in [0.25, 0.3) is 0 Å². The molecule has 1 saturated heterocycles. The van der Waals surface area contributed by atoms with Gasteiger partial charge in [0.15, 0.2) is 6.61 Å². The van der Waals surface area contributed by atoms with E-state index in [4.69, 9.17) is 4.74 Å². The van der Waals surface area contributed by atoms with Crippen LogP contribution in [-0.4, -0.2) is 31.5 Å². The molecule has 6 heteroatoms. The molecule has 2 aliphatic heterocycles. The second-order valence-corrected chi connectivity index (χ2v) is 5.81. The molecular formula is C15H19N3O3. The summed E-state index contributed by atoms with van der Waals surface area (Å²) in [4.78, 5) is 23.8. The van der Waals surface area contributed by atoms with Crippen LogP contribution in [0.3, 0.4) is 0 Å². The number of hydrogen-bond donors (Lipinski definition) is 3. The van der Waals surface area contributed by atoms with Crippen molar-refractivity contribution in [2.24, 2.45) is 5.41 Å². The average Bonchev–Trinajstić information content (AvgIpc) is 2.47. The Labute approximate surface area is 123 Å². The van der Waals surface area contributed by atoms with E-state index in [2.05, 4.69) is 16.0 Å². The normalized spacial score (nSPS) is 20.0. The Bertz CT molecular complexity index is 580. The van der Waals surface area contributed by atoms with Crippen LogP contribution in [0.5, 0.6) is 5.75 Å². The zero-order chi connectivity index (χ0) is 14.9. The Morgan fingerprint density at radius 2 is 2.10 bits per heavy atom. The molecule has 2 heterocycles. The Kier molecular flexibility index (Phi) is 3.55. The third kappa shape index (κ3) is 2.85. The highest BCUT2D eigenvalue weighted by Crippen LogP contribution is 2.33. The van der Waals surface area contributed by atoms with E-state index in [1.807, 2.05) is 6.92 Å². The van der Waals surface area contributed by atoms with Crippen LogP contribution in [0.1, 0.15) is 19.8 Å². The monoisotopic (exact) mass is 289 g/mol. The highest BCUT2D eigenvalue weighted by Gasteiger charge is 2.34. The first-order valence-corrected chi connectivity index (χ1v) is 7.16. The molecule has 0 spiro atoms. The SMILES string of the molecule is CC1(C(=O)Nc2ccc3c(c2)NC(=O)CO3)CCNCC1. The van der Waals surface area contributed by atoms with Gasteiger partial charge in [-0.15, -0.1) is 0 Å². The van der Waals surface area contributed by atoms with Crippen LogP contribution < -0.4 is 20.7 Å². The van der Waals surface area contributed by atoms with E-state index in [9.17, 15) is 9.59 Å². The minimum Gasteiger partial charge on any atom is -0.482 e. The van der Waals surface area contributed by atoms with Crippen LogP contribution in [-0.2, 0) is 9.59 Å². The van der Waals surface area contributed by atoms with E-state index >= 15 is 0 Å². The molecule has 1 aromatic rings. The van der Waals surface area contributed by atoms with Crippen LogP contribution >= 0.6 is 0 Å². The van der Waals surface area contributed by atoms with Crippen molar-refractivity contribution in [1.82, 2.24) is 5.32 Å². The lowest BCUT2D eigenvalue weighted by atomic mass is 9.80. The topological polar surface area (TPSA) is 79.5 Å². The molecule has 1 fully saturated rings. The van der Waals surface area contributed by atoms with E-state index in [1.54, 1.807) is 18.2 Å². The molecule has 21 heavy (non-hydrogen) atoms. The van der Waals surface area contributed by atoms with Gasteiger partial charge in [-0.1, -0.05) is 6.92 Å². The van der Waals surface area contributed by atoms with Crippen molar-refractivity contribution in [3.63, 3.8) is 0 Å². The van der Waals surface area contributed by atoms with Gasteiger partial charge in [0.1, 0.15) is 5.75 Å². The van der Waals surface area contributed by atoms with E-state index < -0.39 is 0 Å². The number of carbonyl (C=O) groups is 2. The van der Waals surface area contributed by atoms with Crippen LogP contribution in [0, 0.1) is 5.41 Å². The van der Waals surface area contributed by atoms with Gasteiger partial charge in [0.05, 0.1) is 5.69 Å². The maximum Gasteiger partial charge on any atom is 0.262 e. The molecule has 1 aromatic carbocycles. The van der Waals surface area contributed by atoms with Crippen LogP contribution in [0.15, 0.2) is 18.2 Å². The fourth-order valence-electron chi connectivity index (χ4n) is 2.65. The Hall–Kier alpha value is -2.08. The predicted molar refractivity (Wildman–Crippen MR) is 79.4 cm³/mol. The van der Waals surface area contributed by atoms with Gasteiger partial charge < -0.3 is 20.7 Å². The molecule has 112 valence electrons. The van der Waals surface area contributed by atoms with Gasteiger partial charge in [-0.2, -0.15) is 0 Å². The summed E-state index contributed by atoms with van der Waals surface area (Å²) in [7, 11) is 0. The number of anilines is 2. The number of fused-ring (bicyclic) bond motifs is 1. The second kappa shape index (κ2) is 5.37. The molecule has 3 rings (SSSR count). The lowest BCUT2D eigenvalue weighted by molar-refractivity contribution is -0.126. The summed E-state index contributed by atoms with van der Waals surface area (Å²) < 4.78 is 5.30. The molecule has 0 saturated carbocycles. The van der Waals surface area contributed by atoms with Crippen molar-refractivity contribution >= 4 is 23.2 Å². The van der Waals surface area contributed by atoms with Crippen molar-refractivity contribution in [3.8, 4) is 5.75 Å². The number of piperidine rings is 1. The van der Waals surface area contributed by atoms with Gasteiger partial charge in [0.25, 0.3) is 5.91 Å². The Balaban J connectivity index is 1.74. The first kappa shape index (κ1) is 13.9. The molecule has 2 aliphatic rings. The Morgan fingerprint density at radius 3 is 2.86 bits per heavy atom. The summed E-state index contributed by atoms with van der Waals surface area (Å²) in [5.41, 5.74) is 0.921. The lowest BCUT2D eigenvalue weighted by Crippen LogP contribution is -2.42. The van der Waals surface area contributed by atoms with Gasteiger partial charge in [0, 0.05) is 11.1 Å². The average molecular weight is 289 g/mol. The van der Waals surface area contributed by atoms with Gasteiger partial charge in [-0.3, -0.25) is 9.59 Å². The van der Waals surface area contributed by atoms with Gasteiger partial charge in [-0.25, -0.2) is 0 Å². The standard InChI is InChI=1S/C15H19N3O3/c1-15(4-6-16-7-5-15)14(20)17-10-2-3-12-11(8-10)18-13(19)9-21-12/h2-3,8,16H,4-7,9H2,1H3,(H,17,20)(H,18,19). The third-order valence-electron chi connectivity index (χ3n) is 4.13. The number of carbonyl (C=O) groups excluding carboxylic acids is 2.